The quantitative estimate of drug-likeness (QED) is 0.719. The van der Waals surface area contributed by atoms with Crippen molar-refractivity contribution in [2.75, 3.05) is 13.2 Å². The van der Waals surface area contributed by atoms with Crippen LogP contribution in [0, 0.1) is 11.7 Å². The average molecular weight is 279 g/mol. The molecular weight excluding hydrogens is 257 g/mol. The number of aliphatic hydroxyl groups is 1. The number of amides is 1. The fourth-order valence-electron chi connectivity index (χ4n) is 2.02. The monoisotopic (exact) mass is 279 g/mol. The summed E-state index contributed by atoms with van der Waals surface area (Å²) in [7, 11) is 0. The van der Waals surface area contributed by atoms with Crippen LogP contribution in [0.1, 0.15) is 31.7 Å². The molecule has 0 aromatic heterocycles. The molecule has 0 radical (unpaired) electrons. The molecule has 0 aliphatic rings. The van der Waals surface area contributed by atoms with Crippen LogP contribution in [0.15, 0.2) is 30.3 Å². The van der Waals surface area contributed by atoms with Crippen molar-refractivity contribution in [3.8, 4) is 0 Å². The van der Waals surface area contributed by atoms with Crippen LogP contribution < -0.4 is 5.32 Å². The van der Waals surface area contributed by atoms with Gasteiger partial charge in [0.2, 0.25) is 5.91 Å². The summed E-state index contributed by atoms with van der Waals surface area (Å²) in [6.07, 6.45) is 5.47. The predicted molar refractivity (Wildman–Crippen MR) is 78.5 cm³/mol. The standard InChI is InChI=1S/C16H22FNO2/c1-2-5-13(10-11-19)12-18-16(20)9-8-14-6-3-4-7-15(14)17/h3-4,6-9,13,19H,2,5,10-12H2,1H3,(H,18,20)/b9-8+. The van der Waals surface area contributed by atoms with E-state index in [1.54, 1.807) is 18.2 Å². The third-order valence-electron chi connectivity index (χ3n) is 3.12. The highest BCUT2D eigenvalue weighted by molar-refractivity contribution is 5.91. The highest BCUT2D eigenvalue weighted by Gasteiger charge is 2.08. The largest absolute Gasteiger partial charge is 0.396 e. The van der Waals surface area contributed by atoms with Gasteiger partial charge in [0.15, 0.2) is 0 Å². The zero-order valence-electron chi connectivity index (χ0n) is 11.8. The van der Waals surface area contributed by atoms with E-state index in [0.717, 1.165) is 12.8 Å². The maximum absolute atomic E-state index is 13.3. The van der Waals surface area contributed by atoms with Crippen LogP contribution in [-0.4, -0.2) is 24.2 Å². The lowest BCUT2D eigenvalue weighted by Gasteiger charge is -2.14. The second-order valence-corrected chi connectivity index (χ2v) is 4.77. The van der Waals surface area contributed by atoms with Crippen LogP contribution in [0.2, 0.25) is 0 Å². The Balaban J connectivity index is 2.45. The first-order chi connectivity index (χ1) is 9.67. The van der Waals surface area contributed by atoms with E-state index in [9.17, 15) is 9.18 Å². The average Bonchev–Trinajstić information content (AvgIpc) is 2.44. The lowest BCUT2D eigenvalue weighted by Crippen LogP contribution is -2.28. The summed E-state index contributed by atoms with van der Waals surface area (Å²) in [6, 6.07) is 6.30. The van der Waals surface area contributed by atoms with Crippen LogP contribution in [0.4, 0.5) is 4.39 Å². The van der Waals surface area contributed by atoms with Gasteiger partial charge in [-0.15, -0.1) is 0 Å². The number of rotatable bonds is 8. The molecule has 0 fully saturated rings. The SMILES string of the molecule is CCCC(CCO)CNC(=O)/C=C/c1ccccc1F. The third kappa shape index (κ3) is 5.97. The molecular formula is C16H22FNO2. The predicted octanol–water partition coefficient (Wildman–Crippen LogP) is 2.75. The smallest absolute Gasteiger partial charge is 0.244 e. The van der Waals surface area contributed by atoms with Gasteiger partial charge in [-0.1, -0.05) is 31.5 Å². The van der Waals surface area contributed by atoms with Gasteiger partial charge in [0.05, 0.1) is 0 Å². The molecule has 0 aliphatic heterocycles. The zero-order valence-corrected chi connectivity index (χ0v) is 11.8. The van der Waals surface area contributed by atoms with Gasteiger partial charge in [0, 0.05) is 24.8 Å². The van der Waals surface area contributed by atoms with E-state index in [2.05, 4.69) is 12.2 Å². The second kappa shape index (κ2) is 9.26. The van der Waals surface area contributed by atoms with E-state index < -0.39 is 0 Å². The van der Waals surface area contributed by atoms with Gasteiger partial charge < -0.3 is 10.4 Å². The summed E-state index contributed by atoms with van der Waals surface area (Å²) >= 11 is 0. The summed E-state index contributed by atoms with van der Waals surface area (Å²) in [5.41, 5.74) is 0.392. The minimum atomic E-state index is -0.347. The number of nitrogens with one attached hydrogen (secondary N) is 1. The second-order valence-electron chi connectivity index (χ2n) is 4.77. The first-order valence-corrected chi connectivity index (χ1v) is 6.98. The number of halogens is 1. The molecule has 1 unspecified atom stereocenters. The fraction of sp³-hybridized carbons (Fsp3) is 0.438. The molecule has 0 bridgehead atoms. The van der Waals surface area contributed by atoms with Crippen molar-refractivity contribution in [1.29, 1.82) is 0 Å². The molecule has 0 heterocycles. The molecule has 0 saturated heterocycles. The summed E-state index contributed by atoms with van der Waals surface area (Å²) in [5.74, 6) is -0.302. The fourth-order valence-corrected chi connectivity index (χ4v) is 2.02. The number of hydrogen-bond donors (Lipinski definition) is 2. The van der Waals surface area contributed by atoms with Crippen LogP contribution in [0.5, 0.6) is 0 Å². The molecule has 110 valence electrons. The topological polar surface area (TPSA) is 49.3 Å². The zero-order chi connectivity index (χ0) is 14.8. The van der Waals surface area contributed by atoms with Gasteiger partial charge in [-0.3, -0.25) is 4.79 Å². The normalized spacial score (nSPS) is 12.6. The van der Waals surface area contributed by atoms with E-state index in [4.69, 9.17) is 5.11 Å². The van der Waals surface area contributed by atoms with E-state index in [1.165, 1.54) is 18.2 Å². The summed E-state index contributed by atoms with van der Waals surface area (Å²) in [5, 5.41) is 11.7. The van der Waals surface area contributed by atoms with Gasteiger partial charge in [0.25, 0.3) is 0 Å². The van der Waals surface area contributed by atoms with Crippen molar-refractivity contribution in [3.63, 3.8) is 0 Å². The molecule has 1 aromatic carbocycles. The Hall–Kier alpha value is -1.68. The first kappa shape index (κ1) is 16.4. The Morgan fingerprint density at radius 1 is 1.40 bits per heavy atom. The third-order valence-corrected chi connectivity index (χ3v) is 3.12. The van der Waals surface area contributed by atoms with E-state index in [0.29, 0.717) is 18.5 Å². The number of hydrogen-bond acceptors (Lipinski definition) is 2. The van der Waals surface area contributed by atoms with Crippen molar-refractivity contribution in [1.82, 2.24) is 5.32 Å². The van der Waals surface area contributed by atoms with Crippen LogP contribution >= 0.6 is 0 Å². The van der Waals surface area contributed by atoms with E-state index in [1.807, 2.05) is 0 Å². The lowest BCUT2D eigenvalue weighted by molar-refractivity contribution is -0.116. The molecule has 20 heavy (non-hydrogen) atoms. The number of carbonyl (C=O) groups is 1. The van der Waals surface area contributed by atoms with Crippen LogP contribution in [-0.2, 0) is 4.79 Å². The summed E-state index contributed by atoms with van der Waals surface area (Å²) < 4.78 is 13.3. The molecule has 0 aliphatic carbocycles. The number of benzene rings is 1. The molecule has 4 heteroatoms. The Morgan fingerprint density at radius 2 is 2.15 bits per heavy atom. The van der Waals surface area contributed by atoms with Crippen LogP contribution in [0.25, 0.3) is 6.08 Å². The van der Waals surface area contributed by atoms with Gasteiger partial charge in [0.1, 0.15) is 5.82 Å². The minimum absolute atomic E-state index is 0.131. The van der Waals surface area contributed by atoms with Crippen molar-refractivity contribution < 1.29 is 14.3 Å². The summed E-state index contributed by atoms with van der Waals surface area (Å²) in [6.45, 7) is 2.74. The highest BCUT2D eigenvalue weighted by atomic mass is 19.1. The molecule has 3 nitrogen and oxygen atoms in total. The number of carbonyl (C=O) groups excluding carboxylic acids is 1. The highest BCUT2D eigenvalue weighted by Crippen LogP contribution is 2.10. The van der Waals surface area contributed by atoms with Gasteiger partial charge in [-0.25, -0.2) is 4.39 Å². The van der Waals surface area contributed by atoms with Gasteiger partial charge in [-0.05, 0) is 30.9 Å². The maximum atomic E-state index is 13.3. The molecule has 2 N–H and O–H groups in total. The maximum Gasteiger partial charge on any atom is 0.244 e. The Labute approximate surface area is 119 Å². The van der Waals surface area contributed by atoms with E-state index in [-0.39, 0.29) is 24.2 Å². The molecule has 1 rings (SSSR count). The lowest BCUT2D eigenvalue weighted by atomic mass is 10.0. The van der Waals surface area contributed by atoms with Gasteiger partial charge >= 0.3 is 0 Å². The molecule has 1 atom stereocenters. The van der Waals surface area contributed by atoms with Crippen molar-refractivity contribution in [3.05, 3.63) is 41.7 Å². The van der Waals surface area contributed by atoms with Crippen molar-refractivity contribution >= 4 is 12.0 Å². The van der Waals surface area contributed by atoms with E-state index >= 15 is 0 Å². The van der Waals surface area contributed by atoms with Crippen LogP contribution in [0.3, 0.4) is 0 Å². The molecule has 0 spiro atoms. The Morgan fingerprint density at radius 3 is 2.80 bits per heavy atom. The first-order valence-electron chi connectivity index (χ1n) is 6.98. The summed E-state index contributed by atoms with van der Waals surface area (Å²) in [4.78, 5) is 11.7. The molecule has 1 amide bonds. The molecule has 1 aromatic rings. The van der Waals surface area contributed by atoms with Crippen molar-refractivity contribution in [2.45, 2.75) is 26.2 Å². The Bertz CT molecular complexity index is 440. The minimum Gasteiger partial charge on any atom is -0.396 e. The molecule has 0 saturated carbocycles. The van der Waals surface area contributed by atoms with Gasteiger partial charge in [-0.2, -0.15) is 0 Å². The Kier molecular flexibility index (Phi) is 7.58. The number of aliphatic hydroxyl groups excluding tert-OH is 1. The van der Waals surface area contributed by atoms with Crippen molar-refractivity contribution in [2.24, 2.45) is 5.92 Å².